The maximum Gasteiger partial charge on any atom is 0.516 e. The molecule has 0 aliphatic carbocycles. The third-order valence-corrected chi connectivity index (χ3v) is 4.52. The van der Waals surface area contributed by atoms with E-state index >= 15 is 0 Å². The minimum atomic E-state index is -5.62. The Morgan fingerprint density at radius 2 is 1.78 bits per heavy atom. The first-order chi connectivity index (χ1) is 12.5. The Morgan fingerprint density at radius 3 is 2.33 bits per heavy atom. The summed E-state index contributed by atoms with van der Waals surface area (Å²) in [5.41, 5.74) is -5.11. The van der Waals surface area contributed by atoms with Crippen LogP contribution in [0.1, 0.15) is 25.0 Å². The second-order valence-electron chi connectivity index (χ2n) is 5.70. The van der Waals surface area contributed by atoms with E-state index in [4.69, 9.17) is 16.4 Å². The molecule has 0 radical (unpaired) electrons. The van der Waals surface area contributed by atoms with E-state index in [0.29, 0.717) is 5.56 Å². The maximum atomic E-state index is 12.8. The summed E-state index contributed by atoms with van der Waals surface area (Å²) in [6.07, 6.45) is -0.307. The Bertz CT molecular complexity index is 930. The zero-order chi connectivity index (χ0) is 20.2. The predicted octanol–water partition coefficient (Wildman–Crippen LogP) is 4.78. The first-order valence-electron chi connectivity index (χ1n) is 7.69. The molecule has 0 heterocycles. The fraction of sp³-hybridized carbons (Fsp3) is 0.235. The summed E-state index contributed by atoms with van der Waals surface area (Å²) in [5, 5.41) is 4.19. The third-order valence-electron chi connectivity index (χ3n) is 3.19. The fourth-order valence-electron chi connectivity index (χ4n) is 2.02. The molecule has 2 aromatic carbocycles. The van der Waals surface area contributed by atoms with Gasteiger partial charge in [-0.05, 0) is 32.0 Å². The zero-order valence-corrected chi connectivity index (χ0v) is 15.9. The van der Waals surface area contributed by atoms with Gasteiger partial charge >= 0.3 is 15.5 Å². The van der Waals surface area contributed by atoms with Gasteiger partial charge in [-0.2, -0.15) is 21.6 Å². The summed E-state index contributed by atoms with van der Waals surface area (Å²) in [6.45, 7) is 3.44. The standard InChI is InChI=1S/C17H16ClF3N2O3S/c1-11(2)26-22-16(12-6-4-3-5-7-12)14-10-13(18)8-9-15(14)23-27(24,25)17(19,20)21/h3-11,23H,1-2H3/b22-16+. The lowest BCUT2D eigenvalue weighted by atomic mass is 10.0. The number of rotatable bonds is 6. The smallest absolute Gasteiger partial charge is 0.393 e. The lowest BCUT2D eigenvalue weighted by Crippen LogP contribution is -2.30. The summed E-state index contributed by atoms with van der Waals surface area (Å²) in [4.78, 5) is 5.25. The highest BCUT2D eigenvalue weighted by Crippen LogP contribution is 2.30. The second kappa shape index (κ2) is 8.18. The Morgan fingerprint density at radius 1 is 1.15 bits per heavy atom. The SMILES string of the molecule is CC(C)O/N=C(\c1ccccc1)c1cc(Cl)ccc1NS(=O)(=O)C(F)(F)F. The molecule has 0 fully saturated rings. The van der Waals surface area contributed by atoms with Crippen LogP contribution in [0.2, 0.25) is 5.02 Å². The van der Waals surface area contributed by atoms with Gasteiger partial charge in [-0.3, -0.25) is 4.72 Å². The van der Waals surface area contributed by atoms with Gasteiger partial charge in [-0.15, -0.1) is 0 Å². The summed E-state index contributed by atoms with van der Waals surface area (Å²) in [6, 6.07) is 12.2. The number of anilines is 1. The van der Waals surface area contributed by atoms with Crippen LogP contribution in [-0.2, 0) is 14.9 Å². The van der Waals surface area contributed by atoms with Crippen LogP contribution < -0.4 is 4.72 Å². The predicted molar refractivity (Wildman–Crippen MR) is 98.4 cm³/mol. The van der Waals surface area contributed by atoms with Gasteiger partial charge in [0.2, 0.25) is 0 Å². The van der Waals surface area contributed by atoms with Crippen LogP contribution in [0, 0.1) is 0 Å². The molecule has 0 unspecified atom stereocenters. The highest BCUT2D eigenvalue weighted by Gasteiger charge is 2.46. The molecule has 2 rings (SSSR count). The molecular weight excluding hydrogens is 405 g/mol. The summed E-state index contributed by atoms with van der Waals surface area (Å²) >= 11 is 5.98. The summed E-state index contributed by atoms with van der Waals surface area (Å²) < 4.78 is 63.0. The highest BCUT2D eigenvalue weighted by molar-refractivity contribution is 7.93. The molecule has 5 nitrogen and oxygen atoms in total. The van der Waals surface area contributed by atoms with Gasteiger partial charge < -0.3 is 4.84 Å². The van der Waals surface area contributed by atoms with E-state index in [0.717, 1.165) is 6.07 Å². The number of oxime groups is 1. The molecule has 0 aliphatic rings. The lowest BCUT2D eigenvalue weighted by molar-refractivity contribution is -0.0429. The third kappa shape index (κ3) is 5.36. The lowest BCUT2D eigenvalue weighted by Gasteiger charge is -2.16. The van der Waals surface area contributed by atoms with Crippen LogP contribution in [0.25, 0.3) is 0 Å². The minimum Gasteiger partial charge on any atom is -0.393 e. The Labute approximate surface area is 159 Å². The maximum absolute atomic E-state index is 12.8. The number of nitrogens with one attached hydrogen (secondary N) is 1. The Kier molecular flexibility index (Phi) is 6.38. The number of hydrogen-bond donors (Lipinski definition) is 1. The van der Waals surface area contributed by atoms with Crippen molar-refractivity contribution in [2.75, 3.05) is 4.72 Å². The number of alkyl halides is 3. The fourth-order valence-corrected chi connectivity index (χ4v) is 2.77. The Balaban J connectivity index is 2.62. The van der Waals surface area contributed by atoms with Crippen molar-refractivity contribution in [2.24, 2.45) is 5.16 Å². The molecule has 0 aromatic heterocycles. The molecular formula is C17H16ClF3N2O3S. The van der Waals surface area contributed by atoms with Gasteiger partial charge in [0, 0.05) is 16.1 Å². The van der Waals surface area contributed by atoms with E-state index in [9.17, 15) is 21.6 Å². The molecule has 0 aliphatic heterocycles. The van der Waals surface area contributed by atoms with Crippen LogP contribution in [0.5, 0.6) is 0 Å². The number of sulfonamides is 1. The van der Waals surface area contributed by atoms with Crippen LogP contribution in [0.15, 0.2) is 53.7 Å². The van der Waals surface area contributed by atoms with Gasteiger partial charge in [0.1, 0.15) is 11.8 Å². The quantitative estimate of drug-likeness (QED) is 0.540. The topological polar surface area (TPSA) is 67.8 Å². The van der Waals surface area contributed by atoms with Crippen molar-refractivity contribution in [1.82, 2.24) is 0 Å². The van der Waals surface area contributed by atoms with E-state index in [2.05, 4.69) is 5.16 Å². The van der Waals surface area contributed by atoms with E-state index in [1.165, 1.54) is 12.1 Å². The molecule has 27 heavy (non-hydrogen) atoms. The van der Waals surface area contributed by atoms with Gasteiger partial charge in [0.25, 0.3) is 0 Å². The molecule has 0 bridgehead atoms. The summed E-state index contributed by atoms with van der Waals surface area (Å²) in [7, 11) is -5.62. The van der Waals surface area contributed by atoms with Crippen LogP contribution in [0.4, 0.5) is 18.9 Å². The van der Waals surface area contributed by atoms with Crippen molar-refractivity contribution in [3.05, 3.63) is 64.7 Å². The number of hydrogen-bond acceptors (Lipinski definition) is 4. The number of benzene rings is 2. The van der Waals surface area contributed by atoms with Crippen molar-refractivity contribution in [2.45, 2.75) is 25.5 Å². The van der Waals surface area contributed by atoms with Crippen LogP contribution >= 0.6 is 11.6 Å². The number of halogens is 4. The van der Waals surface area contributed by atoms with Gasteiger partial charge in [-0.25, -0.2) is 0 Å². The highest BCUT2D eigenvalue weighted by atomic mass is 35.5. The van der Waals surface area contributed by atoms with Gasteiger partial charge in [0.05, 0.1) is 5.69 Å². The largest absolute Gasteiger partial charge is 0.516 e. The molecule has 10 heteroatoms. The van der Waals surface area contributed by atoms with Crippen molar-refractivity contribution in [3.8, 4) is 0 Å². The van der Waals surface area contributed by atoms with Crippen molar-refractivity contribution < 1.29 is 26.4 Å². The first kappa shape index (κ1) is 21.0. The summed E-state index contributed by atoms with van der Waals surface area (Å²) in [5.74, 6) is 0. The van der Waals surface area contributed by atoms with Gasteiger partial charge in [0.15, 0.2) is 0 Å². The van der Waals surface area contributed by atoms with Gasteiger partial charge in [-0.1, -0.05) is 47.1 Å². The van der Waals surface area contributed by atoms with E-state index in [-0.39, 0.29) is 28.1 Å². The van der Waals surface area contributed by atoms with E-state index in [1.807, 2.05) is 0 Å². The van der Waals surface area contributed by atoms with Crippen molar-refractivity contribution in [1.29, 1.82) is 0 Å². The second-order valence-corrected chi connectivity index (χ2v) is 7.81. The molecule has 146 valence electrons. The molecule has 0 amide bonds. The molecule has 0 atom stereocenters. The van der Waals surface area contributed by atoms with E-state index in [1.54, 1.807) is 48.9 Å². The average Bonchev–Trinajstić information content (AvgIpc) is 2.57. The van der Waals surface area contributed by atoms with E-state index < -0.39 is 15.5 Å². The van der Waals surface area contributed by atoms with Crippen LogP contribution in [0.3, 0.4) is 0 Å². The zero-order valence-electron chi connectivity index (χ0n) is 14.3. The number of nitrogens with zero attached hydrogens (tertiary/aromatic N) is 1. The van der Waals surface area contributed by atoms with Crippen LogP contribution in [-0.4, -0.2) is 25.7 Å². The molecule has 0 spiro atoms. The monoisotopic (exact) mass is 420 g/mol. The molecule has 1 N–H and O–H groups in total. The van der Waals surface area contributed by atoms with Crippen molar-refractivity contribution in [3.63, 3.8) is 0 Å². The molecule has 0 saturated carbocycles. The average molecular weight is 421 g/mol. The Hall–Kier alpha value is -2.26. The van der Waals surface area contributed by atoms with Crippen molar-refractivity contribution >= 4 is 33.0 Å². The minimum absolute atomic E-state index is 0.0437. The normalized spacial score (nSPS) is 12.9. The molecule has 2 aromatic rings. The molecule has 0 saturated heterocycles. The first-order valence-corrected chi connectivity index (χ1v) is 9.55.